The van der Waals surface area contributed by atoms with Crippen LogP contribution in [0.5, 0.6) is 0 Å². The highest BCUT2D eigenvalue weighted by Crippen LogP contribution is 2.22. The Labute approximate surface area is 143 Å². The minimum Gasteiger partial charge on any atom is -0.324 e. The maximum atomic E-state index is 12.4. The van der Waals surface area contributed by atoms with Crippen molar-refractivity contribution < 1.29 is 9.72 Å². The molecular weight excluding hydrogens is 334 g/mol. The standard InChI is InChI=1S/C16H16ClN3O4/c1-9-4-5-12(8-13(9)17)18-16(22)11(3)19-10(2)14(20(23)24)6-7-15(19)21/h4-8,11H,1-3H3,(H,18,22). The summed E-state index contributed by atoms with van der Waals surface area (Å²) in [6.45, 7) is 4.78. The van der Waals surface area contributed by atoms with Crippen LogP contribution in [0.2, 0.25) is 5.02 Å². The number of nitro groups is 1. The van der Waals surface area contributed by atoms with E-state index in [4.69, 9.17) is 11.6 Å². The molecule has 0 saturated carbocycles. The van der Waals surface area contributed by atoms with Crippen LogP contribution in [0.3, 0.4) is 0 Å². The lowest BCUT2D eigenvalue weighted by Gasteiger charge is -2.17. The highest BCUT2D eigenvalue weighted by molar-refractivity contribution is 6.31. The van der Waals surface area contributed by atoms with Gasteiger partial charge in [0, 0.05) is 22.8 Å². The number of anilines is 1. The lowest BCUT2D eigenvalue weighted by molar-refractivity contribution is -0.386. The van der Waals surface area contributed by atoms with Gasteiger partial charge in [0.15, 0.2) is 0 Å². The van der Waals surface area contributed by atoms with Crippen LogP contribution in [0.1, 0.15) is 24.2 Å². The second-order valence-corrected chi connectivity index (χ2v) is 5.81. The third-order valence-electron chi connectivity index (χ3n) is 3.76. The summed E-state index contributed by atoms with van der Waals surface area (Å²) in [5.74, 6) is -0.472. The summed E-state index contributed by atoms with van der Waals surface area (Å²) in [5.41, 5.74) is 0.777. The van der Waals surface area contributed by atoms with Crippen LogP contribution in [0.15, 0.2) is 35.1 Å². The molecule has 1 atom stereocenters. The van der Waals surface area contributed by atoms with Gasteiger partial charge in [0.2, 0.25) is 5.91 Å². The maximum Gasteiger partial charge on any atom is 0.288 e. The highest BCUT2D eigenvalue weighted by Gasteiger charge is 2.23. The number of carbonyl (C=O) groups is 1. The summed E-state index contributed by atoms with van der Waals surface area (Å²) in [6, 6.07) is 6.35. The number of nitrogens with one attached hydrogen (secondary N) is 1. The topological polar surface area (TPSA) is 94.2 Å². The number of rotatable bonds is 4. The van der Waals surface area contributed by atoms with Crippen LogP contribution in [-0.4, -0.2) is 15.4 Å². The van der Waals surface area contributed by atoms with Crippen molar-refractivity contribution >= 4 is 28.9 Å². The van der Waals surface area contributed by atoms with Crippen molar-refractivity contribution in [1.82, 2.24) is 4.57 Å². The zero-order chi connectivity index (χ0) is 18.0. The van der Waals surface area contributed by atoms with Gasteiger partial charge in [-0.1, -0.05) is 17.7 Å². The third kappa shape index (κ3) is 3.46. The average molecular weight is 350 g/mol. The van der Waals surface area contributed by atoms with Crippen LogP contribution in [0.25, 0.3) is 0 Å². The number of amides is 1. The summed E-state index contributed by atoms with van der Waals surface area (Å²) >= 11 is 6.02. The summed E-state index contributed by atoms with van der Waals surface area (Å²) in [6.07, 6.45) is 0. The van der Waals surface area contributed by atoms with Gasteiger partial charge in [-0.2, -0.15) is 0 Å². The molecule has 0 aliphatic carbocycles. The Kier molecular flexibility index (Phi) is 5.04. The molecule has 0 aliphatic heterocycles. The van der Waals surface area contributed by atoms with Crippen molar-refractivity contribution in [2.75, 3.05) is 5.32 Å². The molecule has 2 aromatic rings. The van der Waals surface area contributed by atoms with Gasteiger partial charge in [-0.05, 0) is 38.5 Å². The minimum absolute atomic E-state index is 0.122. The summed E-state index contributed by atoms with van der Waals surface area (Å²) < 4.78 is 1.10. The van der Waals surface area contributed by atoms with Crippen molar-refractivity contribution in [1.29, 1.82) is 0 Å². The van der Waals surface area contributed by atoms with E-state index in [0.29, 0.717) is 10.7 Å². The fourth-order valence-electron chi connectivity index (χ4n) is 2.35. The minimum atomic E-state index is -0.919. The van der Waals surface area contributed by atoms with E-state index >= 15 is 0 Å². The number of benzene rings is 1. The van der Waals surface area contributed by atoms with Crippen molar-refractivity contribution in [2.24, 2.45) is 0 Å². The lowest BCUT2D eigenvalue weighted by atomic mass is 10.2. The molecule has 0 radical (unpaired) electrons. The zero-order valence-corrected chi connectivity index (χ0v) is 14.1. The molecule has 1 unspecified atom stereocenters. The number of halogens is 1. The number of hydrogen-bond acceptors (Lipinski definition) is 4. The molecule has 7 nitrogen and oxygen atoms in total. The molecule has 1 amide bonds. The fraction of sp³-hybridized carbons (Fsp3) is 0.250. The fourth-order valence-corrected chi connectivity index (χ4v) is 2.53. The summed E-state index contributed by atoms with van der Waals surface area (Å²) in [5, 5.41) is 14.2. The Morgan fingerprint density at radius 2 is 1.96 bits per heavy atom. The molecule has 1 N–H and O–H groups in total. The predicted octanol–water partition coefficient (Wildman–Crippen LogP) is 3.23. The van der Waals surface area contributed by atoms with E-state index in [1.165, 1.54) is 13.8 Å². The van der Waals surface area contributed by atoms with E-state index in [0.717, 1.165) is 22.3 Å². The Hall–Kier alpha value is -2.67. The van der Waals surface area contributed by atoms with Crippen molar-refractivity contribution in [2.45, 2.75) is 26.8 Å². The van der Waals surface area contributed by atoms with Gasteiger partial charge in [0.25, 0.3) is 11.2 Å². The smallest absolute Gasteiger partial charge is 0.288 e. The number of aryl methyl sites for hydroxylation is 1. The molecular formula is C16H16ClN3O4. The van der Waals surface area contributed by atoms with Crippen LogP contribution in [-0.2, 0) is 4.79 Å². The first kappa shape index (κ1) is 17.7. The largest absolute Gasteiger partial charge is 0.324 e. The van der Waals surface area contributed by atoms with Gasteiger partial charge in [-0.25, -0.2) is 0 Å². The van der Waals surface area contributed by atoms with Crippen LogP contribution in [0.4, 0.5) is 11.4 Å². The monoisotopic (exact) mass is 349 g/mol. The van der Waals surface area contributed by atoms with Crippen molar-refractivity contribution in [3.63, 3.8) is 0 Å². The second kappa shape index (κ2) is 6.84. The molecule has 8 heteroatoms. The van der Waals surface area contributed by atoms with Crippen LogP contribution < -0.4 is 10.9 Å². The zero-order valence-electron chi connectivity index (χ0n) is 13.4. The van der Waals surface area contributed by atoms with Crippen LogP contribution >= 0.6 is 11.6 Å². The first-order chi connectivity index (χ1) is 11.2. The van der Waals surface area contributed by atoms with Crippen LogP contribution in [0, 0.1) is 24.0 Å². The molecule has 126 valence electrons. The SMILES string of the molecule is Cc1ccc(NC(=O)C(C)n2c(C)c([N+](=O)[O-])ccc2=O)cc1Cl. The number of hydrogen-bond donors (Lipinski definition) is 1. The predicted molar refractivity (Wildman–Crippen MR) is 91.6 cm³/mol. The first-order valence-electron chi connectivity index (χ1n) is 7.16. The maximum absolute atomic E-state index is 12.4. The van der Waals surface area contributed by atoms with E-state index in [2.05, 4.69) is 5.32 Å². The second-order valence-electron chi connectivity index (χ2n) is 5.40. The number of pyridine rings is 1. The van der Waals surface area contributed by atoms with E-state index in [-0.39, 0.29) is 11.4 Å². The Morgan fingerprint density at radius 3 is 2.54 bits per heavy atom. The molecule has 1 aromatic carbocycles. The number of aromatic nitrogens is 1. The molecule has 0 saturated heterocycles. The Morgan fingerprint density at radius 1 is 1.29 bits per heavy atom. The highest BCUT2D eigenvalue weighted by atomic mass is 35.5. The van der Waals surface area contributed by atoms with E-state index in [1.54, 1.807) is 18.2 Å². The lowest BCUT2D eigenvalue weighted by Crippen LogP contribution is -2.33. The number of nitrogens with zero attached hydrogens (tertiary/aromatic N) is 2. The van der Waals surface area contributed by atoms with E-state index in [1.807, 2.05) is 6.92 Å². The Balaban J connectivity index is 2.34. The van der Waals surface area contributed by atoms with Gasteiger partial charge < -0.3 is 5.32 Å². The molecule has 0 bridgehead atoms. The molecule has 0 aliphatic rings. The summed E-state index contributed by atoms with van der Waals surface area (Å²) in [4.78, 5) is 34.9. The molecule has 1 aromatic heterocycles. The quantitative estimate of drug-likeness (QED) is 0.677. The van der Waals surface area contributed by atoms with E-state index < -0.39 is 22.4 Å². The molecule has 0 spiro atoms. The van der Waals surface area contributed by atoms with Crippen molar-refractivity contribution in [3.05, 3.63) is 67.1 Å². The van der Waals surface area contributed by atoms with Gasteiger partial charge in [0.05, 0.1) is 10.6 Å². The van der Waals surface area contributed by atoms with Gasteiger partial charge in [-0.15, -0.1) is 0 Å². The average Bonchev–Trinajstić information content (AvgIpc) is 2.50. The normalized spacial score (nSPS) is 11.8. The van der Waals surface area contributed by atoms with Gasteiger partial charge in [-0.3, -0.25) is 24.3 Å². The van der Waals surface area contributed by atoms with Gasteiger partial charge in [0.1, 0.15) is 6.04 Å². The summed E-state index contributed by atoms with van der Waals surface area (Å²) in [7, 11) is 0. The Bertz CT molecular complexity index is 876. The molecule has 0 fully saturated rings. The molecule has 1 heterocycles. The van der Waals surface area contributed by atoms with Crippen molar-refractivity contribution in [3.8, 4) is 0 Å². The number of carbonyl (C=O) groups excluding carboxylic acids is 1. The molecule has 2 rings (SSSR count). The molecule has 24 heavy (non-hydrogen) atoms. The van der Waals surface area contributed by atoms with Gasteiger partial charge >= 0.3 is 0 Å². The first-order valence-corrected chi connectivity index (χ1v) is 7.53. The third-order valence-corrected chi connectivity index (χ3v) is 4.16. The van der Waals surface area contributed by atoms with E-state index in [9.17, 15) is 19.7 Å².